The SMILES string of the molecule is CC(C)(NC(=O)OCC1c2ccccc2-c2ccccc21)c1nocc1C(=O)O. The average Bonchev–Trinajstić information content (AvgIpc) is 3.30. The number of nitrogens with one attached hydrogen (secondary N) is 1. The summed E-state index contributed by atoms with van der Waals surface area (Å²) in [5.41, 5.74) is 3.46. The van der Waals surface area contributed by atoms with Crippen molar-refractivity contribution in [2.24, 2.45) is 0 Å². The third-order valence-corrected chi connectivity index (χ3v) is 5.15. The van der Waals surface area contributed by atoms with E-state index in [0.29, 0.717) is 0 Å². The summed E-state index contributed by atoms with van der Waals surface area (Å²) in [6.45, 7) is 3.44. The molecule has 0 radical (unpaired) electrons. The Morgan fingerprint density at radius 1 is 1.10 bits per heavy atom. The van der Waals surface area contributed by atoms with Gasteiger partial charge < -0.3 is 19.7 Å². The highest BCUT2D eigenvalue weighted by molar-refractivity contribution is 5.89. The number of carbonyl (C=O) groups is 2. The number of hydrogen-bond acceptors (Lipinski definition) is 5. The summed E-state index contributed by atoms with van der Waals surface area (Å²) in [4.78, 5) is 23.8. The number of aromatic carboxylic acids is 1. The molecule has 7 nitrogen and oxygen atoms in total. The van der Waals surface area contributed by atoms with Gasteiger partial charge in [-0.25, -0.2) is 9.59 Å². The van der Waals surface area contributed by atoms with E-state index >= 15 is 0 Å². The van der Waals surface area contributed by atoms with E-state index in [1.165, 1.54) is 0 Å². The molecule has 7 heteroatoms. The predicted octanol–water partition coefficient (Wildman–Crippen LogP) is 4.15. The number of nitrogens with zero attached hydrogens (tertiary/aromatic N) is 1. The maximum absolute atomic E-state index is 12.5. The molecule has 2 N–H and O–H groups in total. The molecule has 0 bridgehead atoms. The number of rotatable bonds is 5. The fourth-order valence-electron chi connectivity index (χ4n) is 3.79. The van der Waals surface area contributed by atoms with Crippen LogP contribution in [-0.2, 0) is 10.3 Å². The highest BCUT2D eigenvalue weighted by Gasteiger charge is 2.33. The topological polar surface area (TPSA) is 102 Å². The molecule has 1 aliphatic carbocycles. The number of alkyl carbamates (subject to hydrolysis) is 1. The molecule has 29 heavy (non-hydrogen) atoms. The van der Waals surface area contributed by atoms with Gasteiger partial charge in [-0.2, -0.15) is 0 Å². The van der Waals surface area contributed by atoms with Gasteiger partial charge in [0, 0.05) is 5.92 Å². The van der Waals surface area contributed by atoms with Crippen LogP contribution in [0.2, 0.25) is 0 Å². The second-order valence-electron chi connectivity index (χ2n) is 7.46. The smallest absolute Gasteiger partial charge is 0.407 e. The van der Waals surface area contributed by atoms with Gasteiger partial charge >= 0.3 is 12.1 Å². The van der Waals surface area contributed by atoms with Gasteiger partial charge in [-0.05, 0) is 36.1 Å². The van der Waals surface area contributed by atoms with Crippen LogP contribution in [0.1, 0.15) is 46.9 Å². The number of carboxylic acids is 1. The van der Waals surface area contributed by atoms with Gasteiger partial charge in [0.1, 0.15) is 24.1 Å². The van der Waals surface area contributed by atoms with Crippen LogP contribution in [0.5, 0.6) is 0 Å². The lowest BCUT2D eigenvalue weighted by molar-refractivity contribution is 0.0691. The van der Waals surface area contributed by atoms with E-state index in [1.807, 2.05) is 36.4 Å². The van der Waals surface area contributed by atoms with Crippen LogP contribution in [0.4, 0.5) is 4.79 Å². The van der Waals surface area contributed by atoms with E-state index in [4.69, 9.17) is 9.26 Å². The molecule has 0 unspecified atom stereocenters. The molecule has 1 aromatic heterocycles. The zero-order valence-electron chi connectivity index (χ0n) is 16.0. The highest BCUT2D eigenvalue weighted by Crippen LogP contribution is 2.44. The maximum Gasteiger partial charge on any atom is 0.407 e. The summed E-state index contributed by atoms with van der Waals surface area (Å²) in [6, 6.07) is 16.1. The van der Waals surface area contributed by atoms with Crippen molar-refractivity contribution < 1.29 is 24.0 Å². The van der Waals surface area contributed by atoms with Crippen molar-refractivity contribution in [2.75, 3.05) is 6.61 Å². The number of benzene rings is 2. The van der Waals surface area contributed by atoms with Gasteiger partial charge in [-0.15, -0.1) is 0 Å². The highest BCUT2D eigenvalue weighted by atomic mass is 16.5. The standard InChI is InChI=1S/C22H20N2O5/c1-22(2,19-18(20(25)26)12-29-24-19)23-21(27)28-11-17-15-9-5-3-7-13(15)14-8-4-6-10-16(14)17/h3-10,12,17H,11H2,1-2H3,(H,23,27)(H,25,26). The quantitative estimate of drug-likeness (QED) is 0.676. The summed E-state index contributed by atoms with van der Waals surface area (Å²) in [5.74, 6) is -1.23. The minimum atomic E-state index is -1.18. The second-order valence-corrected chi connectivity index (χ2v) is 7.46. The van der Waals surface area contributed by atoms with Crippen LogP contribution in [0, 0.1) is 0 Å². The molecular weight excluding hydrogens is 372 g/mol. The lowest BCUT2D eigenvalue weighted by Crippen LogP contribution is -2.42. The maximum atomic E-state index is 12.5. The largest absolute Gasteiger partial charge is 0.478 e. The van der Waals surface area contributed by atoms with E-state index in [1.54, 1.807) is 13.8 Å². The first-order chi connectivity index (χ1) is 13.9. The zero-order valence-corrected chi connectivity index (χ0v) is 16.0. The Bertz CT molecular complexity index is 1040. The zero-order chi connectivity index (χ0) is 20.6. The predicted molar refractivity (Wildman–Crippen MR) is 105 cm³/mol. The van der Waals surface area contributed by atoms with Crippen LogP contribution < -0.4 is 5.32 Å². The van der Waals surface area contributed by atoms with E-state index in [9.17, 15) is 14.7 Å². The molecule has 1 amide bonds. The Balaban J connectivity index is 1.49. The summed E-state index contributed by atoms with van der Waals surface area (Å²) >= 11 is 0. The van der Waals surface area contributed by atoms with Gasteiger partial charge in [0.05, 0.1) is 5.54 Å². The molecule has 3 aromatic rings. The fourth-order valence-corrected chi connectivity index (χ4v) is 3.79. The Hall–Kier alpha value is -3.61. The molecule has 1 heterocycles. The monoisotopic (exact) mass is 392 g/mol. The van der Waals surface area contributed by atoms with Gasteiger partial charge in [0.25, 0.3) is 0 Å². The second kappa shape index (κ2) is 7.09. The van der Waals surface area contributed by atoms with Gasteiger partial charge in [-0.1, -0.05) is 53.7 Å². The number of amides is 1. The molecule has 0 atom stereocenters. The first-order valence-corrected chi connectivity index (χ1v) is 9.20. The molecule has 0 spiro atoms. The molecule has 0 aliphatic heterocycles. The minimum Gasteiger partial charge on any atom is -0.478 e. The van der Waals surface area contributed by atoms with Gasteiger partial charge in [-0.3, -0.25) is 0 Å². The molecule has 2 aromatic carbocycles. The minimum absolute atomic E-state index is 0.0575. The first-order valence-electron chi connectivity index (χ1n) is 9.20. The molecule has 0 saturated heterocycles. The molecular formula is C22H20N2O5. The van der Waals surface area contributed by atoms with E-state index in [0.717, 1.165) is 28.5 Å². The number of ether oxygens (including phenoxy) is 1. The van der Waals surface area contributed by atoms with Gasteiger partial charge in [0.2, 0.25) is 0 Å². The lowest BCUT2D eigenvalue weighted by atomic mass is 9.97. The molecule has 148 valence electrons. The number of fused-ring (bicyclic) bond motifs is 3. The number of carboxylic acid groups (broad SMARTS) is 1. The average molecular weight is 392 g/mol. The summed E-state index contributed by atoms with van der Waals surface area (Å²) in [7, 11) is 0. The van der Waals surface area contributed by atoms with Crippen molar-refractivity contribution in [3.05, 3.63) is 77.2 Å². The molecule has 0 saturated carbocycles. The van der Waals surface area contributed by atoms with Crippen molar-refractivity contribution in [3.8, 4) is 11.1 Å². The summed E-state index contributed by atoms with van der Waals surface area (Å²) in [5, 5.41) is 15.7. The summed E-state index contributed by atoms with van der Waals surface area (Å²) < 4.78 is 10.3. The molecule has 1 aliphatic rings. The van der Waals surface area contributed by atoms with Crippen molar-refractivity contribution >= 4 is 12.1 Å². The van der Waals surface area contributed by atoms with Crippen LogP contribution >= 0.6 is 0 Å². The number of hydrogen-bond donors (Lipinski definition) is 2. The Labute approximate surface area is 167 Å². The van der Waals surface area contributed by atoms with Gasteiger partial charge in [0.15, 0.2) is 0 Å². The van der Waals surface area contributed by atoms with Crippen LogP contribution in [0.25, 0.3) is 11.1 Å². The first kappa shape index (κ1) is 18.7. The lowest BCUT2D eigenvalue weighted by Gasteiger charge is -2.24. The van der Waals surface area contributed by atoms with Crippen LogP contribution in [0.15, 0.2) is 59.3 Å². The Kier molecular flexibility index (Phi) is 4.58. The van der Waals surface area contributed by atoms with Crippen molar-refractivity contribution in [2.45, 2.75) is 25.3 Å². The van der Waals surface area contributed by atoms with Crippen LogP contribution in [0.3, 0.4) is 0 Å². The third-order valence-electron chi connectivity index (χ3n) is 5.15. The fraction of sp³-hybridized carbons (Fsp3) is 0.227. The number of aromatic nitrogens is 1. The Morgan fingerprint density at radius 3 is 2.28 bits per heavy atom. The van der Waals surface area contributed by atoms with Crippen molar-refractivity contribution in [3.63, 3.8) is 0 Å². The third kappa shape index (κ3) is 3.35. The van der Waals surface area contributed by atoms with Crippen molar-refractivity contribution in [1.29, 1.82) is 0 Å². The normalized spacial score (nSPS) is 12.9. The summed E-state index contributed by atoms with van der Waals surface area (Å²) in [6.07, 6.45) is 0.384. The van der Waals surface area contributed by atoms with E-state index in [-0.39, 0.29) is 23.8 Å². The number of carbonyl (C=O) groups excluding carboxylic acids is 1. The van der Waals surface area contributed by atoms with E-state index < -0.39 is 17.6 Å². The van der Waals surface area contributed by atoms with E-state index in [2.05, 4.69) is 22.6 Å². The van der Waals surface area contributed by atoms with Crippen molar-refractivity contribution in [1.82, 2.24) is 10.5 Å². The molecule has 4 rings (SSSR count). The molecule has 0 fully saturated rings. The van der Waals surface area contributed by atoms with Crippen LogP contribution in [-0.4, -0.2) is 28.9 Å². The Morgan fingerprint density at radius 2 is 1.69 bits per heavy atom.